The SMILES string of the molecule is CP(=O)(O)OCCCCc1ccnc(-c2cc(CCCCOP(C)(=O)O)ccn2)c1. The number of unbranched alkanes of at least 4 members (excludes halogenated alkanes) is 2. The topological polar surface area (TPSA) is 119 Å². The lowest BCUT2D eigenvalue weighted by molar-refractivity contribution is 0.257. The van der Waals surface area contributed by atoms with E-state index < -0.39 is 15.2 Å². The monoisotopic (exact) mass is 456 g/mol. The second-order valence-electron chi connectivity index (χ2n) is 7.29. The van der Waals surface area contributed by atoms with Crippen molar-refractivity contribution >= 4 is 15.2 Å². The Kier molecular flexibility index (Phi) is 9.82. The van der Waals surface area contributed by atoms with Crippen LogP contribution >= 0.6 is 15.2 Å². The zero-order chi connectivity index (χ0) is 22.0. The Hall–Kier alpha value is -1.40. The summed E-state index contributed by atoms with van der Waals surface area (Å²) in [7, 11) is -6.80. The molecule has 0 saturated carbocycles. The average Bonchev–Trinajstić information content (AvgIpc) is 2.66. The quantitative estimate of drug-likeness (QED) is 0.335. The summed E-state index contributed by atoms with van der Waals surface area (Å²) in [5.74, 6) is 0. The van der Waals surface area contributed by atoms with Gasteiger partial charge in [0, 0.05) is 25.7 Å². The summed E-state index contributed by atoms with van der Waals surface area (Å²) in [5, 5.41) is 0. The predicted molar refractivity (Wildman–Crippen MR) is 117 cm³/mol. The zero-order valence-corrected chi connectivity index (χ0v) is 19.2. The number of aromatic nitrogens is 2. The van der Waals surface area contributed by atoms with Crippen LogP contribution in [-0.4, -0.2) is 46.3 Å². The van der Waals surface area contributed by atoms with Crippen LogP contribution < -0.4 is 0 Å². The molecule has 2 aromatic heterocycles. The number of pyridine rings is 2. The van der Waals surface area contributed by atoms with Crippen molar-refractivity contribution in [3.05, 3.63) is 47.8 Å². The molecule has 0 aliphatic carbocycles. The maximum Gasteiger partial charge on any atom is 0.325 e. The second kappa shape index (κ2) is 11.8. The lowest BCUT2D eigenvalue weighted by atomic mass is 10.1. The molecular formula is C20H30N2O6P2. The number of hydrogen-bond donors (Lipinski definition) is 2. The van der Waals surface area contributed by atoms with Crippen molar-refractivity contribution in [1.82, 2.24) is 9.97 Å². The summed E-state index contributed by atoms with van der Waals surface area (Å²) in [6.07, 6.45) is 8.27. The van der Waals surface area contributed by atoms with Crippen LogP contribution in [0.2, 0.25) is 0 Å². The van der Waals surface area contributed by atoms with Gasteiger partial charge in [0.15, 0.2) is 0 Å². The molecule has 0 aliphatic heterocycles. The van der Waals surface area contributed by atoms with E-state index >= 15 is 0 Å². The molecule has 2 rings (SSSR count). The molecule has 0 bridgehead atoms. The highest BCUT2D eigenvalue weighted by Gasteiger charge is 2.10. The van der Waals surface area contributed by atoms with Crippen LogP contribution in [-0.2, 0) is 31.0 Å². The normalized spacial score (nSPS) is 15.5. The largest absolute Gasteiger partial charge is 0.325 e. The van der Waals surface area contributed by atoms with E-state index in [2.05, 4.69) is 9.97 Å². The molecule has 0 amide bonds. The maximum absolute atomic E-state index is 11.1. The number of rotatable bonds is 13. The Bertz CT molecular complexity index is 823. The van der Waals surface area contributed by atoms with Gasteiger partial charge in [-0.05, 0) is 73.9 Å². The molecule has 2 unspecified atom stereocenters. The van der Waals surface area contributed by atoms with Gasteiger partial charge in [-0.3, -0.25) is 19.1 Å². The van der Waals surface area contributed by atoms with E-state index in [-0.39, 0.29) is 13.2 Å². The summed E-state index contributed by atoms with van der Waals surface area (Å²) >= 11 is 0. The lowest BCUT2D eigenvalue weighted by Crippen LogP contribution is -1.96. The van der Waals surface area contributed by atoms with Crippen molar-refractivity contribution in [2.24, 2.45) is 0 Å². The van der Waals surface area contributed by atoms with Gasteiger partial charge in [-0.15, -0.1) is 0 Å². The van der Waals surface area contributed by atoms with Crippen LogP contribution in [0.3, 0.4) is 0 Å². The van der Waals surface area contributed by atoms with E-state index in [0.717, 1.165) is 48.2 Å². The van der Waals surface area contributed by atoms with Gasteiger partial charge in [0.05, 0.1) is 24.6 Å². The first-order chi connectivity index (χ1) is 14.1. The summed E-state index contributed by atoms with van der Waals surface area (Å²) in [6, 6.07) is 7.94. The minimum atomic E-state index is -3.40. The Balaban J connectivity index is 1.85. The van der Waals surface area contributed by atoms with Gasteiger partial charge >= 0.3 is 15.2 Å². The first-order valence-electron chi connectivity index (χ1n) is 9.92. The van der Waals surface area contributed by atoms with E-state index in [9.17, 15) is 9.13 Å². The molecule has 10 heteroatoms. The first kappa shape index (κ1) is 24.9. The van der Waals surface area contributed by atoms with Gasteiger partial charge in [0.25, 0.3) is 0 Å². The minimum Gasteiger partial charge on any atom is -0.324 e. The molecular weight excluding hydrogens is 426 g/mol. The Morgan fingerprint density at radius 1 is 0.767 bits per heavy atom. The van der Waals surface area contributed by atoms with Gasteiger partial charge in [-0.2, -0.15) is 0 Å². The molecule has 0 aromatic carbocycles. The fourth-order valence-corrected chi connectivity index (χ4v) is 3.81. The molecule has 2 atom stereocenters. The van der Waals surface area contributed by atoms with E-state index in [1.807, 2.05) is 24.3 Å². The number of hydrogen-bond acceptors (Lipinski definition) is 6. The summed E-state index contributed by atoms with van der Waals surface area (Å²) in [5.41, 5.74) is 3.85. The zero-order valence-electron chi connectivity index (χ0n) is 17.4. The average molecular weight is 456 g/mol. The molecule has 8 nitrogen and oxygen atoms in total. The third kappa shape index (κ3) is 10.6. The van der Waals surface area contributed by atoms with Gasteiger partial charge in [-0.25, -0.2) is 0 Å². The van der Waals surface area contributed by atoms with Crippen LogP contribution in [0.1, 0.15) is 36.8 Å². The minimum absolute atomic E-state index is 0.269. The highest BCUT2D eigenvalue weighted by molar-refractivity contribution is 7.52. The standard InChI is InChI=1S/C20H30N2O6P2/c1-29(23,24)27-13-5-3-7-17-9-11-21-19(15-17)20-16-18(10-12-22-20)8-4-6-14-28-30(2,25)26/h9-12,15-16H,3-8,13-14H2,1-2H3,(H,23,24)(H,25,26). The highest BCUT2D eigenvalue weighted by atomic mass is 31.2. The molecule has 0 spiro atoms. The molecule has 30 heavy (non-hydrogen) atoms. The third-order valence-corrected chi connectivity index (χ3v) is 5.62. The lowest BCUT2D eigenvalue weighted by Gasteiger charge is -2.08. The van der Waals surface area contributed by atoms with Crippen LogP contribution in [0.15, 0.2) is 36.7 Å². The van der Waals surface area contributed by atoms with Crippen molar-refractivity contribution in [2.45, 2.75) is 38.5 Å². The molecule has 0 aliphatic rings. The molecule has 0 fully saturated rings. The number of aryl methyl sites for hydroxylation is 2. The third-order valence-electron chi connectivity index (χ3n) is 4.29. The van der Waals surface area contributed by atoms with E-state index in [1.165, 1.54) is 13.3 Å². The highest BCUT2D eigenvalue weighted by Crippen LogP contribution is 2.37. The van der Waals surface area contributed by atoms with Gasteiger partial charge in [0.1, 0.15) is 0 Å². The number of nitrogens with zero attached hydrogens (tertiary/aromatic N) is 2. The molecule has 2 aromatic rings. The Morgan fingerprint density at radius 2 is 1.17 bits per heavy atom. The molecule has 2 heterocycles. The fourth-order valence-electron chi connectivity index (χ4n) is 2.87. The Labute approximate surface area is 177 Å². The summed E-state index contributed by atoms with van der Waals surface area (Å²) in [4.78, 5) is 27.1. The summed E-state index contributed by atoms with van der Waals surface area (Å²) in [6.45, 7) is 2.92. The molecule has 0 saturated heterocycles. The van der Waals surface area contributed by atoms with E-state index in [0.29, 0.717) is 12.8 Å². The van der Waals surface area contributed by atoms with Crippen molar-refractivity contribution in [2.75, 3.05) is 26.5 Å². The fraction of sp³-hybridized carbons (Fsp3) is 0.500. The molecule has 2 N–H and O–H groups in total. The van der Waals surface area contributed by atoms with Crippen molar-refractivity contribution in [3.63, 3.8) is 0 Å². The van der Waals surface area contributed by atoms with E-state index in [4.69, 9.17) is 18.8 Å². The predicted octanol–water partition coefficient (Wildman–Crippen LogP) is 4.45. The molecule has 0 radical (unpaired) electrons. The van der Waals surface area contributed by atoms with Crippen LogP contribution in [0.5, 0.6) is 0 Å². The van der Waals surface area contributed by atoms with Crippen molar-refractivity contribution < 1.29 is 28.0 Å². The van der Waals surface area contributed by atoms with Gasteiger partial charge in [0.2, 0.25) is 0 Å². The summed E-state index contributed by atoms with van der Waals surface area (Å²) < 4.78 is 32.0. The van der Waals surface area contributed by atoms with Gasteiger partial charge in [-0.1, -0.05) is 0 Å². The van der Waals surface area contributed by atoms with Crippen LogP contribution in [0.4, 0.5) is 0 Å². The van der Waals surface area contributed by atoms with Gasteiger partial charge < -0.3 is 18.8 Å². The van der Waals surface area contributed by atoms with Crippen molar-refractivity contribution in [3.8, 4) is 11.4 Å². The van der Waals surface area contributed by atoms with Crippen LogP contribution in [0, 0.1) is 0 Å². The second-order valence-corrected chi connectivity index (χ2v) is 11.0. The van der Waals surface area contributed by atoms with Crippen LogP contribution in [0.25, 0.3) is 11.4 Å². The molecule has 166 valence electrons. The Morgan fingerprint density at radius 3 is 1.53 bits per heavy atom. The maximum atomic E-state index is 11.1. The van der Waals surface area contributed by atoms with E-state index in [1.54, 1.807) is 12.4 Å². The van der Waals surface area contributed by atoms with Crippen molar-refractivity contribution in [1.29, 1.82) is 0 Å². The first-order valence-corrected chi connectivity index (χ1v) is 14.0. The smallest absolute Gasteiger partial charge is 0.324 e.